The van der Waals surface area contributed by atoms with Crippen molar-refractivity contribution < 1.29 is 19.0 Å². The minimum absolute atomic E-state index is 0.124. The van der Waals surface area contributed by atoms with Gasteiger partial charge in [-0.2, -0.15) is 0 Å². The van der Waals surface area contributed by atoms with E-state index in [-0.39, 0.29) is 17.5 Å². The summed E-state index contributed by atoms with van der Waals surface area (Å²) in [6.07, 6.45) is 3.15. The van der Waals surface area contributed by atoms with E-state index in [1.807, 2.05) is 24.3 Å². The molecule has 172 valence electrons. The average molecular weight is 457 g/mol. The van der Waals surface area contributed by atoms with Gasteiger partial charge in [0.25, 0.3) is 11.5 Å². The lowest BCUT2D eigenvalue weighted by atomic mass is 10.1. The Kier molecular flexibility index (Phi) is 4.52. The topological polar surface area (TPSA) is 91.2 Å². The summed E-state index contributed by atoms with van der Waals surface area (Å²) in [7, 11) is 3.06. The van der Waals surface area contributed by atoms with Gasteiger partial charge in [-0.25, -0.2) is 0 Å². The maximum absolute atomic E-state index is 13.8. The van der Waals surface area contributed by atoms with Gasteiger partial charge in [0.05, 0.1) is 36.2 Å². The number of carbonyl (C=O) groups excluding carboxylic acids is 1. The molecule has 1 aliphatic carbocycles. The summed E-state index contributed by atoms with van der Waals surface area (Å²) in [5, 5.41) is 5.81. The monoisotopic (exact) mass is 457 g/mol. The van der Waals surface area contributed by atoms with Crippen LogP contribution in [-0.2, 0) is 4.79 Å². The van der Waals surface area contributed by atoms with E-state index in [2.05, 4.69) is 10.3 Å². The fourth-order valence-electron chi connectivity index (χ4n) is 4.68. The standard InChI is InChI=1S/C26H23N3O5/c1-13(25(30)28-14-4-5-14)34-15-6-8-19-18(12-15)16-10-11-27-22-17-7-9-20(32-2)24(33-3)21(17)26(31)29(19)23(16)22/h6-14H,4-5H2,1-3H3,(H,28,30)/t13-/m1/s1. The summed E-state index contributed by atoms with van der Waals surface area (Å²) in [4.78, 5) is 30.8. The predicted molar refractivity (Wildman–Crippen MR) is 130 cm³/mol. The van der Waals surface area contributed by atoms with E-state index < -0.39 is 6.10 Å². The Morgan fingerprint density at radius 2 is 1.91 bits per heavy atom. The number of rotatable bonds is 6. The van der Waals surface area contributed by atoms with Crippen LogP contribution in [0, 0.1) is 0 Å². The molecule has 1 amide bonds. The van der Waals surface area contributed by atoms with Gasteiger partial charge in [0.2, 0.25) is 0 Å². The summed E-state index contributed by atoms with van der Waals surface area (Å²) >= 11 is 0. The van der Waals surface area contributed by atoms with Crippen LogP contribution in [-0.4, -0.2) is 41.7 Å². The van der Waals surface area contributed by atoms with Crippen molar-refractivity contribution in [3.05, 3.63) is 52.9 Å². The lowest BCUT2D eigenvalue weighted by Gasteiger charge is -2.14. The number of nitrogens with one attached hydrogen (secondary N) is 1. The van der Waals surface area contributed by atoms with Crippen LogP contribution in [0.15, 0.2) is 47.4 Å². The van der Waals surface area contributed by atoms with E-state index in [0.29, 0.717) is 33.5 Å². The Labute approximate surface area is 194 Å². The zero-order chi connectivity index (χ0) is 23.6. The predicted octanol–water partition coefficient (Wildman–Crippen LogP) is 3.66. The molecule has 0 unspecified atom stereocenters. The van der Waals surface area contributed by atoms with E-state index in [9.17, 15) is 9.59 Å². The summed E-state index contributed by atoms with van der Waals surface area (Å²) in [6, 6.07) is 11.3. The average Bonchev–Trinajstić information content (AvgIpc) is 3.61. The number of ether oxygens (including phenoxy) is 3. The molecule has 6 rings (SSSR count). The van der Waals surface area contributed by atoms with Crippen molar-refractivity contribution in [2.75, 3.05) is 14.2 Å². The third-order valence-corrected chi connectivity index (χ3v) is 6.47. The second kappa shape index (κ2) is 7.48. The number of pyridine rings is 2. The first kappa shape index (κ1) is 20.5. The summed E-state index contributed by atoms with van der Waals surface area (Å²) in [5.41, 5.74) is 1.95. The van der Waals surface area contributed by atoms with Crippen molar-refractivity contribution in [3.63, 3.8) is 0 Å². The number of hydrogen-bond donors (Lipinski definition) is 1. The molecule has 8 nitrogen and oxygen atoms in total. The number of fused-ring (bicyclic) bond motifs is 5. The molecule has 2 aromatic carbocycles. The van der Waals surface area contributed by atoms with Crippen molar-refractivity contribution in [1.29, 1.82) is 0 Å². The number of nitrogens with zero attached hydrogens (tertiary/aromatic N) is 2. The Bertz CT molecular complexity index is 1650. The second-order valence-corrected chi connectivity index (χ2v) is 8.64. The Balaban J connectivity index is 1.58. The van der Waals surface area contributed by atoms with Crippen LogP contribution in [0.25, 0.3) is 38.1 Å². The molecule has 0 radical (unpaired) electrons. The molecular weight excluding hydrogens is 434 g/mol. The molecule has 1 aliphatic rings. The van der Waals surface area contributed by atoms with Crippen molar-refractivity contribution in [1.82, 2.24) is 14.7 Å². The normalized spacial score (nSPS) is 14.7. The molecule has 8 heteroatoms. The van der Waals surface area contributed by atoms with Gasteiger partial charge < -0.3 is 19.5 Å². The first-order chi connectivity index (χ1) is 16.5. The Morgan fingerprint density at radius 3 is 2.65 bits per heavy atom. The van der Waals surface area contributed by atoms with E-state index in [1.165, 1.54) is 7.11 Å². The minimum atomic E-state index is -0.623. The Hall–Kier alpha value is -4.07. The number of benzene rings is 2. The number of amides is 1. The molecule has 0 aliphatic heterocycles. The van der Waals surface area contributed by atoms with Gasteiger partial charge in [-0.1, -0.05) is 0 Å². The molecule has 3 heterocycles. The lowest BCUT2D eigenvalue weighted by Crippen LogP contribution is -2.37. The smallest absolute Gasteiger partial charge is 0.267 e. The van der Waals surface area contributed by atoms with Crippen LogP contribution in [0.5, 0.6) is 17.2 Å². The van der Waals surface area contributed by atoms with Crippen molar-refractivity contribution >= 4 is 44.0 Å². The minimum Gasteiger partial charge on any atom is -0.493 e. The molecule has 0 bridgehead atoms. The van der Waals surface area contributed by atoms with E-state index in [0.717, 1.165) is 34.6 Å². The first-order valence-electron chi connectivity index (χ1n) is 11.2. The second-order valence-electron chi connectivity index (χ2n) is 8.64. The van der Waals surface area contributed by atoms with Crippen molar-refractivity contribution in [2.45, 2.75) is 31.9 Å². The molecule has 1 saturated carbocycles. The molecule has 1 atom stereocenters. The summed E-state index contributed by atoms with van der Waals surface area (Å²) in [5.74, 6) is 1.30. The molecular formula is C26H23N3O5. The van der Waals surface area contributed by atoms with Gasteiger partial charge in [-0.05, 0) is 56.2 Å². The maximum Gasteiger partial charge on any atom is 0.267 e. The maximum atomic E-state index is 13.8. The van der Waals surface area contributed by atoms with E-state index >= 15 is 0 Å². The highest BCUT2D eigenvalue weighted by atomic mass is 16.5. The van der Waals surface area contributed by atoms with Crippen molar-refractivity contribution in [3.8, 4) is 17.2 Å². The molecule has 1 fully saturated rings. The number of hydrogen-bond acceptors (Lipinski definition) is 6. The van der Waals surface area contributed by atoms with Crippen molar-refractivity contribution in [2.24, 2.45) is 0 Å². The van der Waals surface area contributed by atoms with Gasteiger partial charge >= 0.3 is 0 Å². The fourth-order valence-corrected chi connectivity index (χ4v) is 4.68. The Morgan fingerprint density at radius 1 is 1.09 bits per heavy atom. The number of methoxy groups -OCH3 is 2. The van der Waals surface area contributed by atoms with E-state index in [4.69, 9.17) is 14.2 Å². The highest BCUT2D eigenvalue weighted by molar-refractivity contribution is 6.19. The zero-order valence-corrected chi connectivity index (χ0v) is 19.0. The molecule has 0 spiro atoms. The first-order valence-corrected chi connectivity index (χ1v) is 11.2. The van der Waals surface area contributed by atoms with E-state index in [1.54, 1.807) is 36.8 Å². The van der Waals surface area contributed by atoms with Crippen LogP contribution in [0.1, 0.15) is 19.8 Å². The van der Waals surface area contributed by atoms with Crippen LogP contribution in [0.4, 0.5) is 0 Å². The number of carbonyl (C=O) groups is 1. The van der Waals surface area contributed by atoms with Crippen LogP contribution >= 0.6 is 0 Å². The highest BCUT2D eigenvalue weighted by Gasteiger charge is 2.27. The van der Waals surface area contributed by atoms with Gasteiger partial charge in [0.15, 0.2) is 17.6 Å². The summed E-state index contributed by atoms with van der Waals surface area (Å²) in [6.45, 7) is 1.74. The van der Waals surface area contributed by atoms with Gasteiger partial charge in [0, 0.05) is 28.4 Å². The van der Waals surface area contributed by atoms with Crippen LogP contribution in [0.3, 0.4) is 0 Å². The quantitative estimate of drug-likeness (QED) is 0.392. The van der Waals surface area contributed by atoms with Crippen LogP contribution in [0.2, 0.25) is 0 Å². The zero-order valence-electron chi connectivity index (χ0n) is 19.0. The molecule has 3 aromatic heterocycles. The SMILES string of the molecule is COc1ccc2c(c1OC)c(=O)n1c3ccc(O[C@H](C)C(=O)NC4CC4)cc3c3ccnc2c31. The lowest BCUT2D eigenvalue weighted by molar-refractivity contribution is -0.127. The van der Waals surface area contributed by atoms with Gasteiger partial charge in [-0.3, -0.25) is 19.0 Å². The van der Waals surface area contributed by atoms with Crippen LogP contribution < -0.4 is 25.1 Å². The van der Waals surface area contributed by atoms with Gasteiger partial charge in [-0.15, -0.1) is 0 Å². The third-order valence-electron chi connectivity index (χ3n) is 6.47. The molecule has 5 aromatic rings. The number of aromatic nitrogens is 2. The summed E-state index contributed by atoms with van der Waals surface area (Å²) < 4.78 is 18.6. The largest absolute Gasteiger partial charge is 0.493 e. The molecule has 1 N–H and O–H groups in total. The third kappa shape index (κ3) is 2.95. The fraction of sp³-hybridized carbons (Fsp3) is 0.269. The highest BCUT2D eigenvalue weighted by Crippen LogP contribution is 2.39. The molecule has 34 heavy (non-hydrogen) atoms. The van der Waals surface area contributed by atoms with Gasteiger partial charge in [0.1, 0.15) is 5.75 Å². The molecule has 0 saturated heterocycles.